The number of rotatable bonds is 6. The minimum absolute atomic E-state index is 0.0571. The first-order valence-electron chi connectivity index (χ1n) is 8.67. The van der Waals surface area contributed by atoms with Crippen LogP contribution in [0.3, 0.4) is 0 Å². The molecule has 0 spiro atoms. The van der Waals surface area contributed by atoms with Crippen molar-refractivity contribution in [2.45, 2.75) is 82.2 Å². The Hall–Kier alpha value is -0.810. The molecule has 0 amide bonds. The van der Waals surface area contributed by atoms with Gasteiger partial charge in [-0.2, -0.15) is 0 Å². The molecule has 23 heavy (non-hydrogen) atoms. The van der Waals surface area contributed by atoms with Crippen LogP contribution >= 0.6 is 11.6 Å². The summed E-state index contributed by atoms with van der Waals surface area (Å²) in [6, 6.07) is 0. The van der Waals surface area contributed by atoms with Crippen LogP contribution in [0.15, 0.2) is 0 Å². The monoisotopic (exact) mass is 344 g/mol. The van der Waals surface area contributed by atoms with Gasteiger partial charge in [-0.25, -0.2) is 0 Å². The van der Waals surface area contributed by atoms with Gasteiger partial charge in [-0.15, -0.1) is 11.6 Å². The Kier molecular flexibility index (Phi) is 4.88. The summed E-state index contributed by atoms with van der Waals surface area (Å²) in [5, 5.41) is -0.642. The van der Waals surface area contributed by atoms with Crippen LogP contribution < -0.4 is 0 Å². The highest BCUT2D eigenvalue weighted by Gasteiger charge is 2.54. The zero-order valence-corrected chi connectivity index (χ0v) is 14.5. The molecule has 130 valence electrons. The van der Waals surface area contributed by atoms with Crippen LogP contribution in [-0.2, 0) is 23.8 Å². The molecule has 6 unspecified atom stereocenters. The van der Waals surface area contributed by atoms with Crippen LogP contribution in [0.4, 0.5) is 0 Å². The maximum absolute atomic E-state index is 12.1. The zero-order valence-electron chi connectivity index (χ0n) is 13.8. The lowest BCUT2D eigenvalue weighted by atomic mass is 9.65. The standard InChI is InChI=1S/C17H25ClO5/c1-3-13(18)16(20)22-14(4-2)23-17-7-10-5-11(8-17)15(19)21-12(6-10)9-17/h10-14H,3-9H2,1-2H3. The molecule has 0 N–H and O–H groups in total. The Bertz CT molecular complexity index is 482. The zero-order chi connectivity index (χ0) is 16.6. The van der Waals surface area contributed by atoms with Crippen molar-refractivity contribution in [2.24, 2.45) is 11.8 Å². The number of esters is 2. The van der Waals surface area contributed by atoms with Crippen molar-refractivity contribution in [1.82, 2.24) is 0 Å². The van der Waals surface area contributed by atoms with E-state index in [1.807, 2.05) is 13.8 Å². The third-order valence-electron chi connectivity index (χ3n) is 5.29. The van der Waals surface area contributed by atoms with Crippen LogP contribution in [0.2, 0.25) is 0 Å². The SMILES string of the molecule is CCC(OC(=O)C(Cl)CC)OC12CC3CC(C1)OC(=O)C(C3)C2. The Morgan fingerprint density at radius 2 is 2.09 bits per heavy atom. The van der Waals surface area contributed by atoms with E-state index in [1.54, 1.807) is 0 Å². The average Bonchev–Trinajstić information content (AvgIpc) is 2.67. The molecular formula is C17H25ClO5. The minimum Gasteiger partial charge on any atom is -0.462 e. The Labute approximate surface area is 142 Å². The first kappa shape index (κ1) is 17.0. The number of carbonyl (C=O) groups is 2. The summed E-state index contributed by atoms with van der Waals surface area (Å²) in [6.45, 7) is 3.76. The number of hydrogen-bond donors (Lipinski definition) is 0. The predicted molar refractivity (Wildman–Crippen MR) is 83.9 cm³/mol. The second-order valence-corrected chi connectivity index (χ2v) is 7.68. The van der Waals surface area contributed by atoms with Crippen molar-refractivity contribution in [3.8, 4) is 0 Å². The number of hydrogen-bond acceptors (Lipinski definition) is 5. The number of fused-ring (bicyclic) bond motifs is 1. The van der Waals surface area contributed by atoms with Crippen molar-refractivity contribution in [3.63, 3.8) is 0 Å². The molecule has 6 atom stereocenters. The van der Waals surface area contributed by atoms with E-state index in [2.05, 4.69) is 0 Å². The van der Waals surface area contributed by atoms with E-state index >= 15 is 0 Å². The molecule has 6 heteroatoms. The Morgan fingerprint density at radius 3 is 2.78 bits per heavy atom. The van der Waals surface area contributed by atoms with Gasteiger partial charge in [0.2, 0.25) is 6.29 Å². The molecule has 2 aliphatic carbocycles. The lowest BCUT2D eigenvalue weighted by molar-refractivity contribution is -0.236. The van der Waals surface area contributed by atoms with E-state index < -0.39 is 23.2 Å². The Balaban J connectivity index is 1.70. The van der Waals surface area contributed by atoms with Crippen molar-refractivity contribution in [2.75, 3.05) is 0 Å². The minimum atomic E-state index is -0.642. The third kappa shape index (κ3) is 3.50. The third-order valence-corrected chi connectivity index (χ3v) is 5.77. The largest absolute Gasteiger partial charge is 0.462 e. The highest BCUT2D eigenvalue weighted by atomic mass is 35.5. The fraction of sp³-hybridized carbons (Fsp3) is 0.882. The summed E-state index contributed by atoms with van der Waals surface area (Å²) < 4.78 is 17.3. The summed E-state index contributed by atoms with van der Waals surface area (Å²) in [6.07, 6.45) is 4.55. The molecule has 4 rings (SSSR count). The smallest absolute Gasteiger partial charge is 0.326 e. The molecule has 0 aromatic heterocycles. The second-order valence-electron chi connectivity index (χ2n) is 7.16. The number of halogens is 1. The molecule has 2 aliphatic heterocycles. The Morgan fingerprint density at radius 1 is 1.30 bits per heavy atom. The van der Waals surface area contributed by atoms with Gasteiger partial charge in [0.15, 0.2) is 0 Å². The molecule has 4 aliphatic rings. The van der Waals surface area contributed by atoms with Crippen molar-refractivity contribution in [1.29, 1.82) is 0 Å². The van der Waals surface area contributed by atoms with Gasteiger partial charge in [0, 0.05) is 12.8 Å². The highest BCUT2D eigenvalue weighted by molar-refractivity contribution is 6.29. The van der Waals surface area contributed by atoms with Gasteiger partial charge < -0.3 is 14.2 Å². The van der Waals surface area contributed by atoms with Gasteiger partial charge in [0.25, 0.3) is 0 Å². The van der Waals surface area contributed by atoms with Gasteiger partial charge in [0.1, 0.15) is 11.5 Å². The van der Waals surface area contributed by atoms with E-state index in [-0.39, 0.29) is 18.0 Å². The van der Waals surface area contributed by atoms with Gasteiger partial charge in [-0.3, -0.25) is 9.59 Å². The maximum atomic E-state index is 12.1. The van der Waals surface area contributed by atoms with Gasteiger partial charge in [0.05, 0.1) is 11.5 Å². The molecule has 4 bridgehead atoms. The quantitative estimate of drug-likeness (QED) is 0.421. The fourth-order valence-corrected chi connectivity index (χ4v) is 4.41. The molecule has 2 saturated heterocycles. The topological polar surface area (TPSA) is 61.8 Å². The number of carbonyl (C=O) groups excluding carboxylic acids is 2. The van der Waals surface area contributed by atoms with Crippen LogP contribution in [-0.4, -0.2) is 35.3 Å². The van der Waals surface area contributed by atoms with Crippen LogP contribution in [0.5, 0.6) is 0 Å². The molecule has 0 aromatic rings. The molecule has 0 aromatic carbocycles. The summed E-state index contributed by atoms with van der Waals surface area (Å²) in [5.41, 5.74) is -0.405. The van der Waals surface area contributed by atoms with Crippen LogP contribution in [0.25, 0.3) is 0 Å². The number of alkyl halides is 1. The molecule has 5 nitrogen and oxygen atoms in total. The number of ether oxygens (including phenoxy) is 3. The highest BCUT2D eigenvalue weighted by Crippen LogP contribution is 2.51. The van der Waals surface area contributed by atoms with E-state index in [0.717, 1.165) is 19.3 Å². The van der Waals surface area contributed by atoms with E-state index in [9.17, 15) is 9.59 Å². The summed E-state index contributed by atoms with van der Waals surface area (Å²) >= 11 is 5.94. The van der Waals surface area contributed by atoms with Crippen molar-refractivity contribution < 1.29 is 23.8 Å². The summed E-state index contributed by atoms with van der Waals surface area (Å²) in [7, 11) is 0. The normalized spacial score (nSPS) is 37.9. The van der Waals surface area contributed by atoms with Gasteiger partial charge >= 0.3 is 11.9 Å². The average molecular weight is 345 g/mol. The lowest BCUT2D eigenvalue weighted by Gasteiger charge is -2.47. The summed E-state index contributed by atoms with van der Waals surface area (Å²) in [4.78, 5) is 24.0. The van der Waals surface area contributed by atoms with E-state index in [4.69, 9.17) is 25.8 Å². The van der Waals surface area contributed by atoms with Crippen molar-refractivity contribution in [3.05, 3.63) is 0 Å². The van der Waals surface area contributed by atoms with Crippen LogP contribution in [0.1, 0.15) is 58.8 Å². The van der Waals surface area contributed by atoms with Gasteiger partial charge in [-0.05, 0) is 38.0 Å². The molecule has 0 radical (unpaired) electrons. The molecular weight excluding hydrogens is 320 g/mol. The first-order chi connectivity index (χ1) is 10.9. The van der Waals surface area contributed by atoms with E-state index in [0.29, 0.717) is 31.6 Å². The molecule has 2 saturated carbocycles. The first-order valence-corrected chi connectivity index (χ1v) is 9.11. The van der Waals surface area contributed by atoms with Crippen molar-refractivity contribution >= 4 is 23.5 Å². The predicted octanol–water partition coefficient (Wildman–Crippen LogP) is 3.17. The lowest BCUT2D eigenvalue weighted by Crippen LogP contribution is -2.49. The van der Waals surface area contributed by atoms with Crippen LogP contribution in [0, 0.1) is 11.8 Å². The maximum Gasteiger partial charge on any atom is 0.326 e. The molecule has 2 heterocycles. The van der Waals surface area contributed by atoms with Gasteiger partial charge in [-0.1, -0.05) is 13.8 Å². The van der Waals surface area contributed by atoms with E-state index in [1.165, 1.54) is 0 Å². The summed E-state index contributed by atoms with van der Waals surface area (Å²) in [5.74, 6) is -0.134. The molecule has 4 fully saturated rings. The fourth-order valence-electron chi connectivity index (χ4n) is 4.36. The second kappa shape index (κ2) is 6.60.